The summed E-state index contributed by atoms with van der Waals surface area (Å²) in [6.45, 7) is 0. The van der Waals surface area contributed by atoms with Crippen molar-refractivity contribution >= 4 is 5.69 Å². The number of para-hydroxylation sites is 1. The maximum Gasteiger partial charge on any atom is 1.00 e. The molecule has 2 heteroatoms. The van der Waals surface area contributed by atoms with Gasteiger partial charge in [-0.05, 0) is 0 Å². The first-order valence-corrected chi connectivity index (χ1v) is 2.12. The molecular weight excluding hydrogens is 93.0 g/mol. The van der Waals surface area contributed by atoms with Crippen LogP contribution in [0.4, 0.5) is 5.69 Å². The maximum atomic E-state index is 5.30. The van der Waals surface area contributed by atoms with E-state index < -0.39 is 0 Å². The van der Waals surface area contributed by atoms with Gasteiger partial charge in [-0.25, -0.2) is 0 Å². The molecular formula is C6H6LiN. The summed E-state index contributed by atoms with van der Waals surface area (Å²) in [5, 5.41) is 0. The third kappa shape index (κ3) is 2.06. The Hall–Kier alpha value is -0.383. The molecule has 36 valence electrons. The molecule has 8 heavy (non-hydrogen) atoms. The minimum Gasteiger partial charge on any atom is -0.420 e. The molecule has 0 fully saturated rings. The first-order chi connectivity index (χ1) is 3.39. The van der Waals surface area contributed by atoms with Crippen molar-refractivity contribution in [3.8, 4) is 0 Å². The van der Waals surface area contributed by atoms with Crippen molar-refractivity contribution in [1.29, 1.82) is 0 Å². The third-order valence-corrected chi connectivity index (χ3v) is 0.733. The van der Waals surface area contributed by atoms with Gasteiger partial charge in [-0.3, -0.25) is 0 Å². The molecule has 1 aromatic carbocycles. The number of hydrogen-bond acceptors (Lipinski definition) is 1. The summed E-state index contributed by atoms with van der Waals surface area (Å²) in [4.78, 5) is 0. The van der Waals surface area contributed by atoms with Crippen molar-refractivity contribution in [2.45, 2.75) is 0 Å². The fraction of sp³-hybridized carbons (Fsp3) is 0. The summed E-state index contributed by atoms with van der Waals surface area (Å²) in [5.74, 6) is 0. The van der Waals surface area contributed by atoms with Gasteiger partial charge in [0.15, 0.2) is 0 Å². The van der Waals surface area contributed by atoms with Gasteiger partial charge in [0.05, 0.1) is 0 Å². The molecule has 0 spiro atoms. The first-order valence-electron chi connectivity index (χ1n) is 2.12. The van der Waals surface area contributed by atoms with Gasteiger partial charge < -0.3 is 5.73 Å². The monoisotopic (exact) mass is 99.1 g/mol. The van der Waals surface area contributed by atoms with Crippen LogP contribution >= 0.6 is 0 Å². The first kappa shape index (κ1) is 7.62. The van der Waals surface area contributed by atoms with E-state index in [1.807, 2.05) is 12.1 Å². The normalized spacial score (nSPS) is 7.50. The standard InChI is InChI=1S/C6H6N.Li/c7-6-4-2-1-3-5-6;/h1-4H,7H2;/q-1;+1. The Kier molecular flexibility index (Phi) is 3.43. The van der Waals surface area contributed by atoms with Crippen LogP contribution in [0.1, 0.15) is 0 Å². The van der Waals surface area contributed by atoms with Gasteiger partial charge in [-0.15, -0.1) is 6.07 Å². The van der Waals surface area contributed by atoms with E-state index in [4.69, 9.17) is 5.73 Å². The van der Waals surface area contributed by atoms with Gasteiger partial charge in [0.2, 0.25) is 0 Å². The molecule has 1 aromatic rings. The maximum absolute atomic E-state index is 5.30. The average molecular weight is 99.1 g/mol. The van der Waals surface area contributed by atoms with E-state index in [1.54, 1.807) is 12.1 Å². The van der Waals surface area contributed by atoms with Crippen LogP contribution in [0, 0.1) is 6.07 Å². The SMILES string of the molecule is Nc1[c-]cccc1.[Li+]. The van der Waals surface area contributed by atoms with Crippen molar-refractivity contribution in [2.75, 3.05) is 5.73 Å². The molecule has 0 saturated carbocycles. The fourth-order valence-corrected chi connectivity index (χ4v) is 0.407. The number of rotatable bonds is 0. The van der Waals surface area contributed by atoms with Gasteiger partial charge >= 0.3 is 18.9 Å². The number of anilines is 1. The van der Waals surface area contributed by atoms with Crippen molar-refractivity contribution in [3.63, 3.8) is 0 Å². The van der Waals surface area contributed by atoms with Gasteiger partial charge in [0.25, 0.3) is 0 Å². The molecule has 0 saturated heterocycles. The second kappa shape index (κ2) is 3.60. The zero-order valence-corrected chi connectivity index (χ0v) is 4.89. The molecule has 1 rings (SSSR count). The Bertz CT molecular complexity index is 138. The van der Waals surface area contributed by atoms with Crippen molar-refractivity contribution in [1.82, 2.24) is 0 Å². The largest absolute Gasteiger partial charge is 1.00 e. The quantitative estimate of drug-likeness (QED) is 0.229. The zero-order chi connectivity index (χ0) is 5.11. The predicted molar refractivity (Wildman–Crippen MR) is 29.7 cm³/mol. The van der Waals surface area contributed by atoms with Crippen LogP contribution in [0.5, 0.6) is 0 Å². The van der Waals surface area contributed by atoms with Crippen LogP contribution in [0.3, 0.4) is 0 Å². The van der Waals surface area contributed by atoms with E-state index in [1.165, 1.54) is 0 Å². The topological polar surface area (TPSA) is 26.0 Å². The number of hydrogen-bond donors (Lipinski definition) is 1. The Labute approximate surface area is 61.1 Å². The fourth-order valence-electron chi connectivity index (χ4n) is 0.407. The third-order valence-electron chi connectivity index (χ3n) is 0.733. The minimum atomic E-state index is 0. The van der Waals surface area contributed by atoms with Crippen LogP contribution < -0.4 is 24.6 Å². The molecule has 0 aliphatic heterocycles. The van der Waals surface area contributed by atoms with Gasteiger partial charge in [0.1, 0.15) is 0 Å². The molecule has 0 aliphatic rings. The van der Waals surface area contributed by atoms with E-state index in [2.05, 4.69) is 6.07 Å². The molecule has 0 radical (unpaired) electrons. The summed E-state index contributed by atoms with van der Waals surface area (Å²) in [5.41, 5.74) is 6.00. The van der Waals surface area contributed by atoms with Crippen LogP contribution in [0.25, 0.3) is 0 Å². The van der Waals surface area contributed by atoms with E-state index in [0.29, 0.717) is 5.69 Å². The smallest absolute Gasteiger partial charge is 0.420 e. The summed E-state index contributed by atoms with van der Waals surface area (Å²) in [6, 6.07) is 10.2. The van der Waals surface area contributed by atoms with E-state index >= 15 is 0 Å². The summed E-state index contributed by atoms with van der Waals surface area (Å²) in [7, 11) is 0. The molecule has 0 atom stereocenters. The second-order valence-corrected chi connectivity index (χ2v) is 1.32. The van der Waals surface area contributed by atoms with Crippen molar-refractivity contribution in [3.05, 3.63) is 30.3 Å². The molecule has 0 unspecified atom stereocenters. The molecule has 0 bridgehead atoms. The number of nitrogen functional groups attached to an aromatic ring is 1. The summed E-state index contributed by atoms with van der Waals surface area (Å²) < 4.78 is 0. The molecule has 2 N–H and O–H groups in total. The van der Waals surface area contributed by atoms with E-state index in [0.717, 1.165) is 0 Å². The van der Waals surface area contributed by atoms with Crippen LogP contribution in [0.2, 0.25) is 0 Å². The van der Waals surface area contributed by atoms with Crippen molar-refractivity contribution < 1.29 is 18.9 Å². The summed E-state index contributed by atoms with van der Waals surface area (Å²) >= 11 is 0. The predicted octanol–water partition coefficient (Wildman–Crippen LogP) is -1.93. The molecule has 0 aliphatic carbocycles. The summed E-state index contributed by atoms with van der Waals surface area (Å²) in [6.07, 6.45) is 0. The molecule has 0 heterocycles. The second-order valence-electron chi connectivity index (χ2n) is 1.32. The molecule has 0 amide bonds. The van der Waals surface area contributed by atoms with Gasteiger partial charge in [-0.1, -0.05) is 5.69 Å². The Balaban J connectivity index is 0.000000490. The average Bonchev–Trinajstić information content (AvgIpc) is 1.69. The number of nitrogens with two attached hydrogens (primary N) is 1. The zero-order valence-electron chi connectivity index (χ0n) is 4.89. The van der Waals surface area contributed by atoms with Crippen LogP contribution in [-0.4, -0.2) is 0 Å². The van der Waals surface area contributed by atoms with Crippen LogP contribution in [-0.2, 0) is 0 Å². The van der Waals surface area contributed by atoms with Gasteiger partial charge in [0, 0.05) is 0 Å². The Morgan fingerprint density at radius 2 is 2.12 bits per heavy atom. The number of benzene rings is 1. The molecule has 0 aromatic heterocycles. The Morgan fingerprint density at radius 3 is 2.38 bits per heavy atom. The van der Waals surface area contributed by atoms with E-state index in [-0.39, 0.29) is 18.9 Å². The molecule has 1 nitrogen and oxygen atoms in total. The van der Waals surface area contributed by atoms with E-state index in [9.17, 15) is 0 Å². The van der Waals surface area contributed by atoms with Gasteiger partial charge in [-0.2, -0.15) is 24.3 Å². The van der Waals surface area contributed by atoms with Crippen LogP contribution in [0.15, 0.2) is 24.3 Å². The Morgan fingerprint density at radius 1 is 1.38 bits per heavy atom. The minimum absolute atomic E-state index is 0. The van der Waals surface area contributed by atoms with Crippen molar-refractivity contribution in [2.24, 2.45) is 0 Å².